The van der Waals surface area contributed by atoms with Crippen LogP contribution in [0, 0.1) is 6.92 Å². The monoisotopic (exact) mass is 332 g/mol. The largest absolute Gasteiger partial charge is 0.398 e. The molecule has 1 aromatic carbocycles. The number of hydrogen-bond acceptors (Lipinski definition) is 3. The van der Waals surface area contributed by atoms with Gasteiger partial charge in [0, 0.05) is 16.2 Å². The first-order valence-corrected chi connectivity index (χ1v) is 7.74. The second kappa shape index (κ2) is 5.86. The maximum Gasteiger partial charge on any atom is 0.241 e. The Balaban J connectivity index is 3.16. The van der Waals surface area contributed by atoms with Crippen LogP contribution >= 0.6 is 15.9 Å². The molecule has 0 amide bonds. The van der Waals surface area contributed by atoms with E-state index in [1.165, 1.54) is 0 Å². The van der Waals surface area contributed by atoms with Gasteiger partial charge < -0.3 is 5.73 Å². The van der Waals surface area contributed by atoms with Gasteiger partial charge in [-0.2, -0.15) is 0 Å². The van der Waals surface area contributed by atoms with Crippen molar-refractivity contribution in [2.75, 3.05) is 5.73 Å². The molecule has 0 aromatic heterocycles. The van der Waals surface area contributed by atoms with E-state index in [0.29, 0.717) is 22.1 Å². The molecule has 0 saturated heterocycles. The molecule has 0 spiro atoms. The summed E-state index contributed by atoms with van der Waals surface area (Å²) in [6.45, 7) is 7.06. The van der Waals surface area contributed by atoms with Crippen LogP contribution in [-0.2, 0) is 10.0 Å². The lowest BCUT2D eigenvalue weighted by atomic mass is 10.2. The summed E-state index contributed by atoms with van der Waals surface area (Å²) in [5.41, 5.74) is 6.77. The van der Waals surface area contributed by atoms with Crippen molar-refractivity contribution in [3.05, 3.63) is 34.8 Å². The minimum absolute atomic E-state index is 0.199. The molecular formula is C12H17BrN2O2S. The quantitative estimate of drug-likeness (QED) is 0.643. The van der Waals surface area contributed by atoms with Crippen molar-refractivity contribution in [1.29, 1.82) is 0 Å². The van der Waals surface area contributed by atoms with E-state index >= 15 is 0 Å². The fourth-order valence-electron chi connectivity index (χ4n) is 1.58. The van der Waals surface area contributed by atoms with E-state index in [-0.39, 0.29) is 10.9 Å². The highest BCUT2D eigenvalue weighted by atomic mass is 79.9. The topological polar surface area (TPSA) is 72.2 Å². The highest BCUT2D eigenvalue weighted by Gasteiger charge is 2.20. The maximum absolute atomic E-state index is 12.2. The Morgan fingerprint density at radius 3 is 2.72 bits per heavy atom. The minimum Gasteiger partial charge on any atom is -0.398 e. The van der Waals surface area contributed by atoms with Gasteiger partial charge in [0.15, 0.2) is 0 Å². The normalized spacial score (nSPS) is 13.3. The number of anilines is 1. The lowest BCUT2D eigenvalue weighted by Gasteiger charge is -2.15. The molecule has 0 bridgehead atoms. The summed E-state index contributed by atoms with van der Waals surface area (Å²) in [7, 11) is -3.57. The molecule has 1 aromatic rings. The fourth-order valence-corrected chi connectivity index (χ4v) is 3.76. The van der Waals surface area contributed by atoms with Crippen LogP contribution in [0.1, 0.15) is 18.9 Å². The Hall–Kier alpha value is -0.850. The summed E-state index contributed by atoms with van der Waals surface area (Å²) in [5, 5.41) is 0. The first kappa shape index (κ1) is 15.2. The van der Waals surface area contributed by atoms with E-state index in [2.05, 4.69) is 27.2 Å². The average Bonchev–Trinajstić information content (AvgIpc) is 2.22. The predicted molar refractivity (Wildman–Crippen MR) is 77.9 cm³/mol. The zero-order chi connectivity index (χ0) is 13.9. The van der Waals surface area contributed by atoms with Crippen LogP contribution in [-0.4, -0.2) is 14.5 Å². The molecule has 0 aliphatic rings. The first-order valence-electron chi connectivity index (χ1n) is 5.46. The van der Waals surface area contributed by atoms with Crippen molar-refractivity contribution in [3.63, 3.8) is 0 Å². The Morgan fingerprint density at radius 1 is 1.56 bits per heavy atom. The van der Waals surface area contributed by atoms with Gasteiger partial charge in [-0.25, -0.2) is 13.1 Å². The molecule has 0 fully saturated rings. The average molecular weight is 333 g/mol. The van der Waals surface area contributed by atoms with Crippen LogP contribution < -0.4 is 10.5 Å². The molecule has 100 valence electrons. The zero-order valence-electron chi connectivity index (χ0n) is 10.4. The summed E-state index contributed by atoms with van der Waals surface area (Å²) in [6, 6.07) is 3.03. The Labute approximate surface area is 116 Å². The van der Waals surface area contributed by atoms with E-state index in [9.17, 15) is 8.42 Å². The first-order chi connectivity index (χ1) is 8.27. The number of rotatable bonds is 5. The van der Waals surface area contributed by atoms with Crippen LogP contribution in [0.2, 0.25) is 0 Å². The molecule has 1 atom stereocenters. The van der Waals surface area contributed by atoms with Crippen LogP contribution in [0.25, 0.3) is 0 Å². The van der Waals surface area contributed by atoms with Crippen molar-refractivity contribution in [2.24, 2.45) is 0 Å². The van der Waals surface area contributed by atoms with Gasteiger partial charge in [-0.1, -0.05) is 22.0 Å². The highest BCUT2D eigenvalue weighted by Crippen LogP contribution is 2.26. The Bertz CT molecular complexity index is 555. The molecule has 3 N–H and O–H groups in total. The summed E-state index contributed by atoms with van der Waals surface area (Å²) in [4.78, 5) is 0.199. The highest BCUT2D eigenvalue weighted by molar-refractivity contribution is 9.10. The van der Waals surface area contributed by atoms with Crippen LogP contribution in [0.5, 0.6) is 0 Å². The summed E-state index contributed by atoms with van der Waals surface area (Å²) in [5.74, 6) is 0. The predicted octanol–water partition coefficient (Wildman–Crippen LogP) is 2.58. The molecule has 0 heterocycles. The number of hydrogen-bond donors (Lipinski definition) is 2. The van der Waals surface area contributed by atoms with Crippen molar-refractivity contribution in [3.8, 4) is 0 Å². The van der Waals surface area contributed by atoms with E-state index in [1.807, 2.05) is 0 Å². The van der Waals surface area contributed by atoms with Gasteiger partial charge in [0.2, 0.25) is 10.0 Å². The number of nitrogens with two attached hydrogens (primary N) is 1. The molecule has 0 aliphatic carbocycles. The standard InChI is InChI=1S/C12H17BrN2O2S/c1-4-5-8(2)15-18(16,17)12-7-10(13)6-11(14)9(12)3/h4,6-8,15H,1,5,14H2,2-3H3. The number of nitrogens with one attached hydrogen (secondary N) is 1. The van der Waals surface area contributed by atoms with Crippen molar-refractivity contribution in [1.82, 2.24) is 4.72 Å². The van der Waals surface area contributed by atoms with Crippen LogP contribution in [0.3, 0.4) is 0 Å². The SMILES string of the molecule is C=CCC(C)NS(=O)(=O)c1cc(Br)cc(N)c1C. The smallest absolute Gasteiger partial charge is 0.241 e. The van der Waals surface area contributed by atoms with Crippen LogP contribution in [0.4, 0.5) is 5.69 Å². The molecule has 0 radical (unpaired) electrons. The summed E-state index contributed by atoms with van der Waals surface area (Å²) < 4.78 is 27.7. The Kier molecular flexibility index (Phi) is 4.95. The van der Waals surface area contributed by atoms with E-state index in [0.717, 1.165) is 0 Å². The number of halogens is 1. The third-order valence-electron chi connectivity index (χ3n) is 2.53. The second-order valence-electron chi connectivity index (χ2n) is 4.16. The lowest BCUT2D eigenvalue weighted by Crippen LogP contribution is -2.32. The van der Waals surface area contributed by atoms with Gasteiger partial charge in [0.1, 0.15) is 0 Å². The van der Waals surface area contributed by atoms with Gasteiger partial charge in [0.05, 0.1) is 4.90 Å². The maximum atomic E-state index is 12.2. The third kappa shape index (κ3) is 3.57. The Morgan fingerprint density at radius 2 is 2.17 bits per heavy atom. The molecule has 1 rings (SSSR count). The third-order valence-corrected chi connectivity index (χ3v) is 4.70. The van der Waals surface area contributed by atoms with Gasteiger partial charge in [-0.3, -0.25) is 0 Å². The van der Waals surface area contributed by atoms with Gasteiger partial charge in [-0.15, -0.1) is 6.58 Å². The molecule has 6 heteroatoms. The molecular weight excluding hydrogens is 316 g/mol. The molecule has 18 heavy (non-hydrogen) atoms. The molecule has 0 aliphatic heterocycles. The van der Waals surface area contributed by atoms with Gasteiger partial charge in [-0.05, 0) is 38.0 Å². The number of nitrogen functional groups attached to an aromatic ring is 1. The number of sulfonamides is 1. The van der Waals surface area contributed by atoms with Crippen molar-refractivity contribution < 1.29 is 8.42 Å². The van der Waals surface area contributed by atoms with E-state index in [1.54, 1.807) is 32.1 Å². The van der Waals surface area contributed by atoms with Gasteiger partial charge in [0.25, 0.3) is 0 Å². The number of benzene rings is 1. The second-order valence-corrected chi connectivity index (χ2v) is 6.76. The molecule has 0 saturated carbocycles. The van der Waals surface area contributed by atoms with Crippen LogP contribution in [0.15, 0.2) is 34.2 Å². The summed E-state index contributed by atoms with van der Waals surface area (Å²) >= 11 is 3.25. The summed E-state index contributed by atoms with van der Waals surface area (Å²) in [6.07, 6.45) is 2.25. The van der Waals surface area contributed by atoms with E-state index in [4.69, 9.17) is 5.73 Å². The molecule has 1 unspecified atom stereocenters. The molecule has 4 nitrogen and oxygen atoms in total. The zero-order valence-corrected chi connectivity index (χ0v) is 12.8. The van der Waals surface area contributed by atoms with Crippen molar-refractivity contribution in [2.45, 2.75) is 31.2 Å². The van der Waals surface area contributed by atoms with Gasteiger partial charge >= 0.3 is 0 Å². The minimum atomic E-state index is -3.57. The van der Waals surface area contributed by atoms with E-state index < -0.39 is 10.0 Å². The lowest BCUT2D eigenvalue weighted by molar-refractivity contribution is 0.561. The fraction of sp³-hybridized carbons (Fsp3) is 0.333. The van der Waals surface area contributed by atoms with Crippen molar-refractivity contribution >= 4 is 31.6 Å².